The molecule has 0 atom stereocenters. The van der Waals surface area contributed by atoms with Crippen LogP contribution >= 0.6 is 27.3 Å². The Balaban J connectivity index is 2.21. The molecule has 1 heterocycles. The summed E-state index contributed by atoms with van der Waals surface area (Å²) < 4.78 is 5.41. The summed E-state index contributed by atoms with van der Waals surface area (Å²) in [6.45, 7) is 0.285. The zero-order valence-electron chi connectivity index (χ0n) is 11.4. The highest BCUT2D eigenvalue weighted by Gasteiger charge is 2.22. The minimum atomic E-state index is -0.438. The number of nitrogens with zero attached hydrogens (tertiary/aromatic N) is 1. The molecule has 2 aromatic rings. The standard InChI is InChI=1S/C15H14BrNO3S/c1-20-13(18)10-17(9-11-5-3-2-4-6-11)15(19)14-12(16)7-8-21-14/h2-8H,9-10H2,1H3. The number of thiophene rings is 1. The van der Waals surface area contributed by atoms with Crippen molar-refractivity contribution in [3.05, 3.63) is 56.7 Å². The topological polar surface area (TPSA) is 46.6 Å². The fourth-order valence-corrected chi connectivity index (χ4v) is 3.32. The molecule has 21 heavy (non-hydrogen) atoms. The van der Waals surface area contributed by atoms with Gasteiger partial charge in [0.15, 0.2) is 0 Å². The van der Waals surface area contributed by atoms with Crippen molar-refractivity contribution in [2.45, 2.75) is 6.54 Å². The Bertz CT molecular complexity index is 627. The molecule has 0 aliphatic heterocycles. The molecule has 0 saturated carbocycles. The van der Waals surface area contributed by atoms with Gasteiger partial charge in [0.25, 0.3) is 5.91 Å². The van der Waals surface area contributed by atoms with E-state index in [1.54, 1.807) is 0 Å². The van der Waals surface area contributed by atoms with Crippen molar-refractivity contribution < 1.29 is 14.3 Å². The highest BCUT2D eigenvalue weighted by atomic mass is 79.9. The molecule has 0 fully saturated rings. The second-order valence-corrected chi connectivity index (χ2v) is 6.09. The van der Waals surface area contributed by atoms with Crippen LogP contribution in [-0.2, 0) is 16.1 Å². The van der Waals surface area contributed by atoms with Crippen molar-refractivity contribution in [2.24, 2.45) is 0 Å². The molecule has 0 radical (unpaired) electrons. The number of benzene rings is 1. The molecule has 1 amide bonds. The summed E-state index contributed by atoms with van der Waals surface area (Å²) in [5, 5.41) is 1.83. The number of esters is 1. The monoisotopic (exact) mass is 367 g/mol. The summed E-state index contributed by atoms with van der Waals surface area (Å²) in [5.41, 5.74) is 0.961. The lowest BCUT2D eigenvalue weighted by Crippen LogP contribution is -2.35. The van der Waals surface area contributed by atoms with Crippen LogP contribution in [-0.4, -0.2) is 30.4 Å². The van der Waals surface area contributed by atoms with Crippen molar-refractivity contribution in [2.75, 3.05) is 13.7 Å². The van der Waals surface area contributed by atoms with E-state index in [0.717, 1.165) is 10.0 Å². The van der Waals surface area contributed by atoms with E-state index in [1.165, 1.54) is 23.3 Å². The predicted molar refractivity (Wildman–Crippen MR) is 85.2 cm³/mol. The largest absolute Gasteiger partial charge is 0.468 e. The first-order valence-electron chi connectivity index (χ1n) is 6.25. The molecule has 2 rings (SSSR count). The van der Waals surface area contributed by atoms with Crippen molar-refractivity contribution >= 4 is 39.1 Å². The van der Waals surface area contributed by atoms with Crippen LogP contribution in [0.1, 0.15) is 15.2 Å². The van der Waals surface area contributed by atoms with Crippen molar-refractivity contribution in [3.8, 4) is 0 Å². The highest BCUT2D eigenvalue weighted by Crippen LogP contribution is 2.24. The zero-order valence-corrected chi connectivity index (χ0v) is 13.8. The van der Waals surface area contributed by atoms with Gasteiger partial charge in [0, 0.05) is 11.0 Å². The van der Waals surface area contributed by atoms with Gasteiger partial charge in [-0.1, -0.05) is 30.3 Å². The number of hydrogen-bond acceptors (Lipinski definition) is 4. The fraction of sp³-hybridized carbons (Fsp3) is 0.200. The third-order valence-corrected chi connectivity index (χ3v) is 4.69. The minimum absolute atomic E-state index is 0.0748. The smallest absolute Gasteiger partial charge is 0.325 e. The number of amides is 1. The van der Waals surface area contributed by atoms with Crippen molar-refractivity contribution in [3.63, 3.8) is 0 Å². The average molecular weight is 368 g/mol. The lowest BCUT2D eigenvalue weighted by atomic mass is 10.2. The summed E-state index contributed by atoms with van der Waals surface area (Å²) in [4.78, 5) is 26.2. The lowest BCUT2D eigenvalue weighted by Gasteiger charge is -2.21. The maximum atomic E-state index is 12.6. The second kappa shape index (κ2) is 7.38. The van der Waals surface area contributed by atoms with Gasteiger partial charge in [-0.05, 0) is 32.9 Å². The van der Waals surface area contributed by atoms with E-state index in [1.807, 2.05) is 41.8 Å². The molecule has 4 nitrogen and oxygen atoms in total. The molecule has 6 heteroatoms. The van der Waals surface area contributed by atoms with E-state index in [4.69, 9.17) is 0 Å². The molecule has 0 N–H and O–H groups in total. The molecular weight excluding hydrogens is 354 g/mol. The number of carbonyl (C=O) groups excluding carboxylic acids is 2. The van der Waals surface area contributed by atoms with Crippen LogP contribution in [0.4, 0.5) is 0 Å². The number of ether oxygens (including phenoxy) is 1. The van der Waals surface area contributed by atoms with Gasteiger partial charge in [-0.25, -0.2) is 0 Å². The van der Waals surface area contributed by atoms with Gasteiger partial charge in [0.1, 0.15) is 11.4 Å². The van der Waals surface area contributed by atoms with Gasteiger partial charge < -0.3 is 9.64 Å². The summed E-state index contributed by atoms with van der Waals surface area (Å²) in [6, 6.07) is 11.4. The van der Waals surface area contributed by atoms with E-state index >= 15 is 0 Å². The first-order chi connectivity index (χ1) is 10.1. The Morgan fingerprint density at radius 1 is 1.24 bits per heavy atom. The van der Waals surface area contributed by atoms with Gasteiger partial charge in [0.2, 0.25) is 0 Å². The Morgan fingerprint density at radius 3 is 2.52 bits per heavy atom. The molecule has 0 aliphatic carbocycles. The molecule has 0 aliphatic rings. The van der Waals surface area contributed by atoms with Gasteiger partial charge in [-0.2, -0.15) is 0 Å². The van der Waals surface area contributed by atoms with Crippen molar-refractivity contribution in [1.82, 2.24) is 4.90 Å². The average Bonchev–Trinajstić information content (AvgIpc) is 2.93. The molecule has 0 saturated heterocycles. The second-order valence-electron chi connectivity index (χ2n) is 4.32. The van der Waals surface area contributed by atoms with Gasteiger partial charge in [0.05, 0.1) is 7.11 Å². The first kappa shape index (κ1) is 15.7. The number of methoxy groups -OCH3 is 1. The summed E-state index contributed by atoms with van der Waals surface area (Å²) >= 11 is 4.69. The molecular formula is C15H14BrNO3S. The van der Waals surface area contributed by atoms with Crippen LogP contribution in [0.15, 0.2) is 46.3 Å². The molecule has 0 bridgehead atoms. The van der Waals surface area contributed by atoms with Crippen LogP contribution in [0.5, 0.6) is 0 Å². The Morgan fingerprint density at radius 2 is 1.95 bits per heavy atom. The van der Waals surface area contributed by atoms with E-state index in [9.17, 15) is 9.59 Å². The van der Waals surface area contributed by atoms with Crippen LogP contribution < -0.4 is 0 Å². The van der Waals surface area contributed by atoms with E-state index in [0.29, 0.717) is 11.4 Å². The summed E-state index contributed by atoms with van der Waals surface area (Å²) in [6.07, 6.45) is 0. The van der Waals surface area contributed by atoms with E-state index in [2.05, 4.69) is 20.7 Å². The van der Waals surface area contributed by atoms with Gasteiger partial charge in [-0.15, -0.1) is 11.3 Å². The van der Waals surface area contributed by atoms with Crippen LogP contribution in [0.25, 0.3) is 0 Å². The van der Waals surface area contributed by atoms with E-state index in [-0.39, 0.29) is 12.5 Å². The Hall–Kier alpha value is -1.66. The quantitative estimate of drug-likeness (QED) is 0.761. The molecule has 1 aromatic heterocycles. The number of rotatable bonds is 5. The maximum Gasteiger partial charge on any atom is 0.325 e. The minimum Gasteiger partial charge on any atom is -0.468 e. The lowest BCUT2D eigenvalue weighted by molar-refractivity contribution is -0.141. The number of carbonyl (C=O) groups is 2. The van der Waals surface area contributed by atoms with E-state index < -0.39 is 5.97 Å². The normalized spacial score (nSPS) is 10.2. The maximum absolute atomic E-state index is 12.6. The zero-order chi connectivity index (χ0) is 15.2. The van der Waals surface area contributed by atoms with Crippen molar-refractivity contribution in [1.29, 1.82) is 0 Å². The van der Waals surface area contributed by atoms with Crippen LogP contribution in [0.2, 0.25) is 0 Å². The first-order valence-corrected chi connectivity index (χ1v) is 7.92. The highest BCUT2D eigenvalue weighted by molar-refractivity contribution is 9.10. The number of halogens is 1. The molecule has 110 valence electrons. The van der Waals surface area contributed by atoms with Crippen LogP contribution in [0, 0.1) is 0 Å². The third-order valence-electron chi connectivity index (χ3n) is 2.86. The van der Waals surface area contributed by atoms with Gasteiger partial charge >= 0.3 is 5.97 Å². The SMILES string of the molecule is COC(=O)CN(Cc1ccccc1)C(=O)c1sccc1Br. The molecule has 0 unspecified atom stereocenters. The Labute approximate surface area is 135 Å². The summed E-state index contributed by atoms with van der Waals surface area (Å²) in [7, 11) is 1.31. The molecule has 0 spiro atoms. The fourth-order valence-electron chi connectivity index (χ4n) is 1.81. The molecule has 1 aromatic carbocycles. The summed E-state index contributed by atoms with van der Waals surface area (Å²) in [5.74, 6) is -0.627. The predicted octanol–water partition coefficient (Wildman–Crippen LogP) is 3.33. The third kappa shape index (κ3) is 4.15. The van der Waals surface area contributed by atoms with Gasteiger partial charge in [-0.3, -0.25) is 9.59 Å². The number of hydrogen-bond donors (Lipinski definition) is 0. The Kier molecular flexibility index (Phi) is 5.52. The van der Waals surface area contributed by atoms with Crippen LogP contribution in [0.3, 0.4) is 0 Å².